The summed E-state index contributed by atoms with van der Waals surface area (Å²) in [7, 11) is 0. The normalized spacial score (nSPS) is 17.1. The van der Waals surface area contributed by atoms with Gasteiger partial charge in [-0.25, -0.2) is 14.4 Å². The fourth-order valence-electron chi connectivity index (χ4n) is 2.18. The van der Waals surface area contributed by atoms with Crippen LogP contribution in [0.1, 0.15) is 33.6 Å². The van der Waals surface area contributed by atoms with Crippen molar-refractivity contribution in [3.63, 3.8) is 0 Å². The maximum absolute atomic E-state index is 11.9. The van der Waals surface area contributed by atoms with Crippen LogP contribution >= 0.6 is 0 Å². The second kappa shape index (κ2) is 7.34. The smallest absolute Gasteiger partial charge is 0.410 e. The minimum atomic E-state index is -1.45. The molecular weight excluding hydrogens is 304 g/mol. The lowest BCUT2D eigenvalue weighted by molar-refractivity contribution is -0.147. The molecule has 23 heavy (non-hydrogen) atoms. The minimum absolute atomic E-state index is 0.0742. The van der Waals surface area contributed by atoms with Gasteiger partial charge < -0.3 is 24.8 Å². The van der Waals surface area contributed by atoms with Crippen molar-refractivity contribution in [2.24, 2.45) is 0 Å². The number of hydrogen-bond acceptors (Lipinski definition) is 5. The van der Waals surface area contributed by atoms with Gasteiger partial charge in [0.15, 0.2) is 0 Å². The van der Waals surface area contributed by atoms with Gasteiger partial charge in [-0.2, -0.15) is 0 Å². The molecule has 1 rings (SSSR count). The molecule has 0 saturated carbocycles. The summed E-state index contributed by atoms with van der Waals surface area (Å²) >= 11 is 0. The van der Waals surface area contributed by atoms with Crippen LogP contribution in [0.2, 0.25) is 0 Å². The van der Waals surface area contributed by atoms with E-state index in [2.05, 4.69) is 11.9 Å². The zero-order valence-electron chi connectivity index (χ0n) is 13.8. The first-order valence-corrected chi connectivity index (χ1v) is 7.37. The van der Waals surface area contributed by atoms with E-state index in [1.54, 1.807) is 20.8 Å². The third-order valence-corrected chi connectivity index (χ3v) is 3.35. The summed E-state index contributed by atoms with van der Waals surface area (Å²) in [6.07, 6.45) is 0.284. The molecule has 8 heteroatoms. The van der Waals surface area contributed by atoms with Crippen molar-refractivity contribution in [1.82, 2.24) is 10.2 Å². The number of carbonyl (C=O) groups excluding carboxylic acids is 2. The standard InChI is InChI=1S/C15H24N2O6/c1-5-10-22-13(21)17-8-6-15(7-9-17,11(18)19)16-12(20)23-14(2,3)4/h5H,1,6-10H2,2-4H3,(H,16,20)(H,18,19). The second-order valence-electron chi connectivity index (χ2n) is 6.37. The van der Waals surface area contributed by atoms with Crippen LogP contribution in [-0.2, 0) is 14.3 Å². The molecule has 2 N–H and O–H groups in total. The molecule has 0 spiro atoms. The molecule has 0 atom stereocenters. The van der Waals surface area contributed by atoms with Crippen LogP contribution in [-0.4, -0.2) is 59.0 Å². The number of ether oxygens (including phenoxy) is 2. The van der Waals surface area contributed by atoms with E-state index in [0.29, 0.717) is 0 Å². The number of carboxylic acids is 1. The molecule has 0 aromatic heterocycles. The fourth-order valence-corrected chi connectivity index (χ4v) is 2.18. The Labute approximate surface area is 135 Å². The summed E-state index contributed by atoms with van der Waals surface area (Å²) in [5.74, 6) is -1.15. The van der Waals surface area contributed by atoms with E-state index in [1.165, 1.54) is 11.0 Å². The van der Waals surface area contributed by atoms with E-state index in [-0.39, 0.29) is 32.5 Å². The van der Waals surface area contributed by atoms with Crippen molar-refractivity contribution in [1.29, 1.82) is 0 Å². The summed E-state index contributed by atoms with van der Waals surface area (Å²) in [5.41, 5.74) is -2.17. The lowest BCUT2D eigenvalue weighted by atomic mass is 9.88. The lowest BCUT2D eigenvalue weighted by Gasteiger charge is -2.38. The number of carbonyl (C=O) groups is 3. The van der Waals surface area contributed by atoms with Crippen molar-refractivity contribution < 1.29 is 29.0 Å². The molecule has 0 bridgehead atoms. The zero-order valence-corrected chi connectivity index (χ0v) is 13.8. The van der Waals surface area contributed by atoms with Crippen LogP contribution in [0.5, 0.6) is 0 Å². The molecule has 0 aromatic carbocycles. The van der Waals surface area contributed by atoms with Crippen molar-refractivity contribution in [3.8, 4) is 0 Å². The molecule has 1 heterocycles. The van der Waals surface area contributed by atoms with Gasteiger partial charge in [0.2, 0.25) is 0 Å². The van der Waals surface area contributed by atoms with E-state index >= 15 is 0 Å². The number of carboxylic acid groups (broad SMARTS) is 1. The van der Waals surface area contributed by atoms with Crippen LogP contribution in [0.4, 0.5) is 9.59 Å². The molecule has 1 fully saturated rings. The molecule has 0 aromatic rings. The predicted molar refractivity (Wildman–Crippen MR) is 82.1 cm³/mol. The van der Waals surface area contributed by atoms with E-state index in [4.69, 9.17) is 9.47 Å². The first kappa shape index (κ1) is 18.8. The molecule has 1 saturated heterocycles. The van der Waals surface area contributed by atoms with E-state index in [1.807, 2.05) is 0 Å². The average molecular weight is 328 g/mol. The quantitative estimate of drug-likeness (QED) is 0.762. The Morgan fingerprint density at radius 3 is 2.30 bits per heavy atom. The minimum Gasteiger partial charge on any atom is -0.480 e. The van der Waals surface area contributed by atoms with Crippen LogP contribution in [0, 0.1) is 0 Å². The van der Waals surface area contributed by atoms with Crippen molar-refractivity contribution in [2.45, 2.75) is 44.8 Å². The van der Waals surface area contributed by atoms with Gasteiger partial charge in [-0.05, 0) is 33.6 Å². The SMILES string of the molecule is C=CCOC(=O)N1CCC(NC(=O)OC(C)(C)C)(C(=O)O)CC1. The first-order chi connectivity index (χ1) is 10.6. The maximum Gasteiger partial charge on any atom is 0.410 e. The molecule has 2 amide bonds. The number of likely N-dealkylation sites (tertiary alicyclic amines) is 1. The summed E-state index contributed by atoms with van der Waals surface area (Å²) in [6, 6.07) is 0. The summed E-state index contributed by atoms with van der Waals surface area (Å²) < 4.78 is 10.0. The lowest BCUT2D eigenvalue weighted by Crippen LogP contribution is -2.61. The van der Waals surface area contributed by atoms with E-state index < -0.39 is 29.3 Å². The average Bonchev–Trinajstić information content (AvgIpc) is 2.43. The molecule has 0 radical (unpaired) electrons. The summed E-state index contributed by atoms with van der Waals surface area (Å²) in [6.45, 7) is 8.95. The van der Waals surface area contributed by atoms with Gasteiger partial charge in [0, 0.05) is 13.1 Å². The van der Waals surface area contributed by atoms with Gasteiger partial charge in [0.1, 0.15) is 17.7 Å². The van der Waals surface area contributed by atoms with Gasteiger partial charge in [-0.15, -0.1) is 0 Å². The first-order valence-electron chi connectivity index (χ1n) is 7.37. The molecule has 1 aliphatic rings. The number of hydrogen-bond donors (Lipinski definition) is 2. The topological polar surface area (TPSA) is 105 Å². The molecule has 0 aliphatic carbocycles. The van der Waals surface area contributed by atoms with Crippen LogP contribution < -0.4 is 5.32 Å². The highest BCUT2D eigenvalue weighted by molar-refractivity contribution is 5.85. The fraction of sp³-hybridized carbons (Fsp3) is 0.667. The van der Waals surface area contributed by atoms with Gasteiger partial charge in [-0.1, -0.05) is 12.7 Å². The highest BCUT2D eigenvalue weighted by atomic mass is 16.6. The van der Waals surface area contributed by atoms with Crippen LogP contribution in [0.15, 0.2) is 12.7 Å². The Morgan fingerprint density at radius 2 is 1.87 bits per heavy atom. The molecule has 1 aliphatic heterocycles. The molecule has 8 nitrogen and oxygen atoms in total. The predicted octanol–water partition coefficient (Wildman–Crippen LogP) is 1.75. The van der Waals surface area contributed by atoms with E-state index in [9.17, 15) is 19.5 Å². The second-order valence-corrected chi connectivity index (χ2v) is 6.37. The molecule has 130 valence electrons. The summed E-state index contributed by atoms with van der Waals surface area (Å²) in [5, 5.41) is 11.9. The number of nitrogens with one attached hydrogen (secondary N) is 1. The Hall–Kier alpha value is -2.25. The van der Waals surface area contributed by atoms with Gasteiger partial charge in [-0.3, -0.25) is 0 Å². The number of amides is 2. The van der Waals surface area contributed by atoms with Crippen molar-refractivity contribution >= 4 is 18.2 Å². The Bertz CT molecular complexity index is 475. The molecular formula is C15H24N2O6. The van der Waals surface area contributed by atoms with Crippen LogP contribution in [0.25, 0.3) is 0 Å². The Morgan fingerprint density at radius 1 is 1.30 bits per heavy atom. The summed E-state index contributed by atoms with van der Waals surface area (Å²) in [4.78, 5) is 36.6. The number of aliphatic carboxylic acids is 1. The maximum atomic E-state index is 11.9. The zero-order chi connectivity index (χ0) is 17.7. The molecule has 0 unspecified atom stereocenters. The Kier molecular flexibility index (Phi) is 6.00. The highest BCUT2D eigenvalue weighted by Gasteiger charge is 2.44. The number of piperidine rings is 1. The van der Waals surface area contributed by atoms with Crippen molar-refractivity contribution in [2.75, 3.05) is 19.7 Å². The van der Waals surface area contributed by atoms with Gasteiger partial charge in [0.25, 0.3) is 0 Å². The van der Waals surface area contributed by atoms with E-state index in [0.717, 1.165) is 0 Å². The van der Waals surface area contributed by atoms with Crippen molar-refractivity contribution in [3.05, 3.63) is 12.7 Å². The number of alkyl carbamates (subject to hydrolysis) is 1. The highest BCUT2D eigenvalue weighted by Crippen LogP contribution is 2.24. The van der Waals surface area contributed by atoms with Crippen LogP contribution in [0.3, 0.4) is 0 Å². The third kappa shape index (κ3) is 5.46. The monoisotopic (exact) mass is 328 g/mol. The van der Waals surface area contributed by atoms with Gasteiger partial charge in [0.05, 0.1) is 0 Å². The third-order valence-electron chi connectivity index (χ3n) is 3.35. The van der Waals surface area contributed by atoms with Gasteiger partial charge >= 0.3 is 18.2 Å². The Balaban J connectivity index is 2.68. The number of rotatable bonds is 4. The number of nitrogens with zero attached hydrogens (tertiary/aromatic N) is 1. The largest absolute Gasteiger partial charge is 0.480 e.